The second-order valence-electron chi connectivity index (χ2n) is 3.79. The van der Waals surface area contributed by atoms with E-state index >= 15 is 0 Å². The van der Waals surface area contributed by atoms with Gasteiger partial charge in [0.25, 0.3) is 0 Å². The van der Waals surface area contributed by atoms with Gasteiger partial charge in [-0.3, -0.25) is 10.1 Å². The van der Waals surface area contributed by atoms with Gasteiger partial charge < -0.3 is 10.5 Å². The highest BCUT2D eigenvalue weighted by atomic mass is 35.5. The predicted octanol–water partition coefficient (Wildman–Crippen LogP) is 3.33. The molecule has 7 heteroatoms. The first kappa shape index (κ1) is 13.1. The number of halogens is 1. The predicted molar refractivity (Wildman–Crippen MR) is 71.6 cm³/mol. The van der Waals surface area contributed by atoms with Gasteiger partial charge in [0.2, 0.25) is 11.6 Å². The van der Waals surface area contributed by atoms with Crippen molar-refractivity contribution < 1.29 is 9.66 Å². The minimum absolute atomic E-state index is 0.0704. The molecule has 2 aromatic rings. The standard InChI is InChI=1S/C12H10ClN3O3/c1-7-5-6-15-12(10(7)14)19-11-8(13)3-2-4-9(11)16(17)18/h2-6H,14H2,1H3. The number of anilines is 1. The number of nitrogens with zero attached hydrogens (tertiary/aromatic N) is 2. The number of para-hydroxylation sites is 1. The number of ether oxygens (including phenoxy) is 1. The number of aromatic nitrogens is 1. The fourth-order valence-corrected chi connectivity index (χ4v) is 1.67. The molecule has 0 spiro atoms. The maximum absolute atomic E-state index is 10.9. The molecule has 0 radical (unpaired) electrons. The average molecular weight is 280 g/mol. The van der Waals surface area contributed by atoms with Crippen LogP contribution in [0.15, 0.2) is 30.5 Å². The Labute approximate surface area is 113 Å². The number of rotatable bonds is 3. The number of hydrogen-bond donors (Lipinski definition) is 1. The summed E-state index contributed by atoms with van der Waals surface area (Å²) in [5.41, 5.74) is 6.65. The van der Waals surface area contributed by atoms with Crippen LogP contribution in [-0.4, -0.2) is 9.91 Å². The number of pyridine rings is 1. The monoisotopic (exact) mass is 279 g/mol. The molecule has 0 fully saturated rings. The summed E-state index contributed by atoms with van der Waals surface area (Å²) in [4.78, 5) is 14.3. The van der Waals surface area contributed by atoms with Crippen LogP contribution in [0.2, 0.25) is 5.02 Å². The summed E-state index contributed by atoms with van der Waals surface area (Å²) in [5.74, 6) is 0.0233. The van der Waals surface area contributed by atoms with Crippen LogP contribution >= 0.6 is 11.6 Å². The van der Waals surface area contributed by atoms with Crippen LogP contribution in [0.5, 0.6) is 11.6 Å². The first-order valence-corrected chi connectivity index (χ1v) is 5.70. The molecular weight excluding hydrogens is 270 g/mol. The van der Waals surface area contributed by atoms with Gasteiger partial charge in [-0.05, 0) is 24.6 Å². The van der Waals surface area contributed by atoms with Crippen LogP contribution < -0.4 is 10.5 Å². The number of aryl methyl sites for hydroxylation is 1. The van der Waals surface area contributed by atoms with Crippen LogP contribution in [0, 0.1) is 17.0 Å². The van der Waals surface area contributed by atoms with E-state index in [1.807, 2.05) is 0 Å². The van der Waals surface area contributed by atoms with E-state index in [2.05, 4.69) is 4.98 Å². The number of nitrogens with two attached hydrogens (primary N) is 1. The minimum atomic E-state index is -0.576. The number of nitrogen functional groups attached to an aromatic ring is 1. The highest BCUT2D eigenvalue weighted by Gasteiger charge is 2.20. The van der Waals surface area contributed by atoms with Crippen LogP contribution in [0.4, 0.5) is 11.4 Å². The molecule has 1 aromatic heterocycles. The fourth-order valence-electron chi connectivity index (χ4n) is 1.47. The van der Waals surface area contributed by atoms with Crippen molar-refractivity contribution in [1.82, 2.24) is 4.98 Å². The molecule has 1 aromatic carbocycles. The quantitative estimate of drug-likeness (QED) is 0.687. The Bertz CT molecular complexity index is 646. The summed E-state index contributed by atoms with van der Waals surface area (Å²) >= 11 is 5.92. The Morgan fingerprint density at radius 1 is 1.42 bits per heavy atom. The van der Waals surface area contributed by atoms with Crippen LogP contribution in [0.3, 0.4) is 0 Å². The van der Waals surface area contributed by atoms with Gasteiger partial charge in [-0.25, -0.2) is 4.98 Å². The summed E-state index contributed by atoms with van der Waals surface area (Å²) in [6.07, 6.45) is 1.50. The molecule has 0 bridgehead atoms. The third kappa shape index (κ3) is 2.58. The molecule has 1 heterocycles. The second kappa shape index (κ2) is 5.11. The highest BCUT2D eigenvalue weighted by molar-refractivity contribution is 6.32. The average Bonchev–Trinajstić information content (AvgIpc) is 2.36. The Morgan fingerprint density at radius 3 is 2.84 bits per heavy atom. The smallest absolute Gasteiger partial charge is 0.313 e. The number of hydrogen-bond acceptors (Lipinski definition) is 5. The summed E-state index contributed by atoms with van der Waals surface area (Å²) in [6.45, 7) is 1.78. The molecule has 0 saturated carbocycles. The van der Waals surface area contributed by atoms with E-state index in [4.69, 9.17) is 22.1 Å². The summed E-state index contributed by atoms with van der Waals surface area (Å²) in [5, 5.41) is 11.1. The largest absolute Gasteiger partial charge is 0.428 e. The number of nitro benzene ring substituents is 1. The van der Waals surface area contributed by atoms with Crippen molar-refractivity contribution in [2.75, 3.05) is 5.73 Å². The van der Waals surface area contributed by atoms with E-state index in [9.17, 15) is 10.1 Å². The Hall–Kier alpha value is -2.34. The fraction of sp³-hybridized carbons (Fsp3) is 0.0833. The molecular formula is C12H10ClN3O3. The lowest BCUT2D eigenvalue weighted by Crippen LogP contribution is -1.99. The second-order valence-corrected chi connectivity index (χ2v) is 4.20. The van der Waals surface area contributed by atoms with Gasteiger partial charge in [-0.15, -0.1) is 0 Å². The molecule has 0 aliphatic heterocycles. The van der Waals surface area contributed by atoms with Crippen molar-refractivity contribution in [3.63, 3.8) is 0 Å². The lowest BCUT2D eigenvalue weighted by Gasteiger charge is -2.10. The number of benzene rings is 1. The van der Waals surface area contributed by atoms with E-state index in [-0.39, 0.29) is 22.3 Å². The van der Waals surface area contributed by atoms with Crippen LogP contribution in [0.1, 0.15) is 5.56 Å². The van der Waals surface area contributed by atoms with Gasteiger partial charge in [-0.1, -0.05) is 17.7 Å². The van der Waals surface area contributed by atoms with Gasteiger partial charge in [0.15, 0.2) is 0 Å². The zero-order valence-corrected chi connectivity index (χ0v) is 10.7. The Kier molecular flexibility index (Phi) is 3.52. The normalized spacial score (nSPS) is 10.2. The molecule has 2 rings (SSSR count). The molecule has 0 aliphatic rings. The molecule has 6 nitrogen and oxygen atoms in total. The molecule has 0 saturated heterocycles. The van der Waals surface area contributed by atoms with Gasteiger partial charge in [-0.2, -0.15) is 0 Å². The summed E-state index contributed by atoms with van der Waals surface area (Å²) in [7, 11) is 0. The lowest BCUT2D eigenvalue weighted by atomic mass is 10.2. The van der Waals surface area contributed by atoms with Crippen molar-refractivity contribution in [3.8, 4) is 11.6 Å². The van der Waals surface area contributed by atoms with Crippen LogP contribution in [-0.2, 0) is 0 Å². The Morgan fingerprint density at radius 2 is 2.16 bits per heavy atom. The van der Waals surface area contributed by atoms with Gasteiger partial charge >= 0.3 is 5.69 Å². The van der Waals surface area contributed by atoms with Gasteiger partial charge in [0.05, 0.1) is 15.6 Å². The molecule has 19 heavy (non-hydrogen) atoms. The molecule has 0 amide bonds. The third-order valence-corrected chi connectivity index (χ3v) is 2.81. The molecule has 0 unspecified atom stereocenters. The van der Waals surface area contributed by atoms with Gasteiger partial charge in [0, 0.05) is 12.3 Å². The maximum atomic E-state index is 10.9. The molecule has 0 aliphatic carbocycles. The van der Waals surface area contributed by atoms with E-state index in [0.717, 1.165) is 5.56 Å². The van der Waals surface area contributed by atoms with Crippen molar-refractivity contribution in [2.24, 2.45) is 0 Å². The molecule has 0 atom stereocenters. The van der Waals surface area contributed by atoms with E-state index in [0.29, 0.717) is 5.69 Å². The SMILES string of the molecule is Cc1ccnc(Oc2c(Cl)cccc2[N+](=O)[O-])c1N. The van der Waals surface area contributed by atoms with Crippen molar-refractivity contribution >= 4 is 23.0 Å². The third-order valence-electron chi connectivity index (χ3n) is 2.51. The summed E-state index contributed by atoms with van der Waals surface area (Å²) in [6, 6.07) is 5.98. The van der Waals surface area contributed by atoms with Crippen LogP contribution in [0.25, 0.3) is 0 Å². The topological polar surface area (TPSA) is 91.3 Å². The highest BCUT2D eigenvalue weighted by Crippen LogP contribution is 2.38. The first-order valence-electron chi connectivity index (χ1n) is 5.32. The lowest BCUT2D eigenvalue weighted by molar-refractivity contribution is -0.385. The zero-order valence-electron chi connectivity index (χ0n) is 9.96. The van der Waals surface area contributed by atoms with Crippen molar-refractivity contribution in [3.05, 3.63) is 51.2 Å². The Balaban J connectivity index is 2.49. The van der Waals surface area contributed by atoms with Crippen molar-refractivity contribution in [1.29, 1.82) is 0 Å². The van der Waals surface area contributed by atoms with E-state index < -0.39 is 4.92 Å². The summed E-state index contributed by atoms with van der Waals surface area (Å²) < 4.78 is 5.40. The first-order chi connectivity index (χ1) is 9.00. The molecule has 98 valence electrons. The minimum Gasteiger partial charge on any atom is -0.428 e. The maximum Gasteiger partial charge on any atom is 0.313 e. The number of nitro groups is 1. The van der Waals surface area contributed by atoms with Gasteiger partial charge in [0.1, 0.15) is 0 Å². The van der Waals surface area contributed by atoms with E-state index in [1.54, 1.807) is 13.0 Å². The zero-order chi connectivity index (χ0) is 14.0. The van der Waals surface area contributed by atoms with E-state index in [1.165, 1.54) is 24.4 Å². The molecule has 2 N–H and O–H groups in total. The van der Waals surface area contributed by atoms with Crippen molar-refractivity contribution in [2.45, 2.75) is 6.92 Å².